The van der Waals surface area contributed by atoms with Crippen LogP contribution in [-0.2, 0) is 14.8 Å². The molecule has 2 fully saturated rings. The normalized spacial score (nSPS) is 22.0. The van der Waals surface area contributed by atoms with E-state index in [0.29, 0.717) is 10.7 Å². The minimum Gasteiger partial charge on any atom is -0.341 e. The van der Waals surface area contributed by atoms with Crippen molar-refractivity contribution in [2.45, 2.75) is 40.6 Å². The average Bonchev–Trinajstić information content (AvgIpc) is 3.41. The van der Waals surface area contributed by atoms with Crippen molar-refractivity contribution >= 4 is 33.4 Å². The summed E-state index contributed by atoms with van der Waals surface area (Å²) in [6, 6.07) is 8.46. The van der Waals surface area contributed by atoms with Gasteiger partial charge in [0.05, 0.1) is 17.0 Å². The smallest absolute Gasteiger partial charge is 0.239 e. The van der Waals surface area contributed by atoms with E-state index in [4.69, 9.17) is 0 Å². The molecule has 2 saturated heterocycles. The molecule has 29 heavy (non-hydrogen) atoms. The minimum absolute atomic E-state index is 0.0122. The second-order valence-corrected chi connectivity index (χ2v) is 10.2. The molecule has 0 spiro atoms. The van der Waals surface area contributed by atoms with Gasteiger partial charge in [-0.25, -0.2) is 18.4 Å². The van der Waals surface area contributed by atoms with Gasteiger partial charge in [0.15, 0.2) is 0 Å². The molecule has 0 saturated carbocycles. The number of anilines is 1. The molecule has 2 aromatic heterocycles. The lowest BCUT2D eigenvalue weighted by Gasteiger charge is -2.20. The van der Waals surface area contributed by atoms with Gasteiger partial charge in [0.25, 0.3) is 0 Å². The quantitative estimate of drug-likeness (QED) is 0.715. The van der Waals surface area contributed by atoms with Crippen molar-refractivity contribution in [2.75, 3.05) is 24.4 Å². The van der Waals surface area contributed by atoms with E-state index in [1.165, 1.54) is 11.8 Å². The van der Waals surface area contributed by atoms with Crippen molar-refractivity contribution in [2.24, 2.45) is 0 Å². The summed E-state index contributed by atoms with van der Waals surface area (Å²) in [6.45, 7) is 1.79. The first-order chi connectivity index (χ1) is 14.0. The zero-order valence-electron chi connectivity index (χ0n) is 15.8. The second kappa shape index (κ2) is 8.68. The second-order valence-electron chi connectivity index (χ2n) is 7.15. The number of likely N-dealkylation sites (tertiary alicyclic amines) is 1. The maximum Gasteiger partial charge on any atom is 0.239 e. The Labute approximate surface area is 174 Å². The molecule has 154 valence electrons. The van der Waals surface area contributed by atoms with Gasteiger partial charge in [-0.15, -0.1) is 0 Å². The molecule has 0 aromatic carbocycles. The highest BCUT2D eigenvalue weighted by molar-refractivity contribution is 7.99. The van der Waals surface area contributed by atoms with Gasteiger partial charge in [-0.2, -0.15) is 0 Å². The Morgan fingerprint density at radius 1 is 1.14 bits per heavy atom. The van der Waals surface area contributed by atoms with Crippen molar-refractivity contribution < 1.29 is 13.2 Å². The number of hydrogen-bond acceptors (Lipinski definition) is 7. The number of carbonyl (C=O) groups is 1. The predicted molar refractivity (Wildman–Crippen MR) is 111 cm³/mol. The molecule has 0 bridgehead atoms. The number of hydrogen-bond donors (Lipinski definition) is 2. The largest absolute Gasteiger partial charge is 0.341 e. The highest BCUT2D eigenvalue weighted by Gasteiger charge is 2.39. The third-order valence-corrected chi connectivity index (χ3v) is 7.73. The Kier molecular flexibility index (Phi) is 6.02. The molecule has 0 radical (unpaired) electrons. The number of rotatable bonds is 6. The fourth-order valence-corrected chi connectivity index (χ4v) is 5.73. The lowest BCUT2D eigenvalue weighted by molar-refractivity contribution is -0.131. The average molecular weight is 434 g/mol. The van der Waals surface area contributed by atoms with Crippen LogP contribution >= 0.6 is 11.8 Å². The van der Waals surface area contributed by atoms with Crippen molar-refractivity contribution in [3.8, 4) is 0 Å². The molecule has 2 aliphatic heterocycles. The number of nitrogens with one attached hydrogen (secondary N) is 2. The Hall–Kier alpha value is -2.17. The van der Waals surface area contributed by atoms with E-state index in [1.54, 1.807) is 24.5 Å². The van der Waals surface area contributed by atoms with Crippen molar-refractivity contribution in [3.05, 3.63) is 42.7 Å². The zero-order valence-corrected chi connectivity index (χ0v) is 17.5. The molecule has 2 aliphatic rings. The van der Waals surface area contributed by atoms with Gasteiger partial charge in [0.2, 0.25) is 15.9 Å². The first kappa shape index (κ1) is 20.1. The van der Waals surface area contributed by atoms with E-state index in [1.807, 2.05) is 23.1 Å². The van der Waals surface area contributed by atoms with Crippen LogP contribution in [0.2, 0.25) is 0 Å². The third-order valence-electron chi connectivity index (χ3n) is 5.09. The van der Waals surface area contributed by atoms with E-state index in [-0.39, 0.29) is 18.9 Å². The first-order valence-corrected chi connectivity index (χ1v) is 12.0. The molecule has 2 N–H and O–H groups in total. The van der Waals surface area contributed by atoms with Crippen LogP contribution in [0.15, 0.2) is 52.8 Å². The summed E-state index contributed by atoms with van der Waals surface area (Å²) >= 11 is 1.36. The third kappa shape index (κ3) is 4.88. The highest BCUT2D eigenvalue weighted by atomic mass is 32.2. The van der Waals surface area contributed by atoms with Crippen LogP contribution < -0.4 is 10.0 Å². The number of pyridine rings is 2. The number of nitrogens with zero attached hydrogens (tertiary/aromatic N) is 3. The highest BCUT2D eigenvalue weighted by Crippen LogP contribution is 2.27. The Morgan fingerprint density at radius 2 is 1.93 bits per heavy atom. The van der Waals surface area contributed by atoms with E-state index in [2.05, 4.69) is 20.0 Å². The summed E-state index contributed by atoms with van der Waals surface area (Å²) < 4.78 is 28.3. The van der Waals surface area contributed by atoms with Gasteiger partial charge < -0.3 is 10.2 Å². The van der Waals surface area contributed by atoms with Crippen LogP contribution in [0.3, 0.4) is 0 Å². The van der Waals surface area contributed by atoms with Crippen LogP contribution in [0, 0.1) is 0 Å². The van der Waals surface area contributed by atoms with Gasteiger partial charge in [0, 0.05) is 32.0 Å². The molecule has 0 aliphatic carbocycles. The SMILES string of the molecule is O=C(C1CC(S(=O)(=O)Nc2ccnc(Sc3ccccn3)c2)CN1)N1CCCC1. The summed E-state index contributed by atoms with van der Waals surface area (Å²) in [4.78, 5) is 22.9. The number of carbonyl (C=O) groups excluding carboxylic acids is 1. The monoisotopic (exact) mass is 433 g/mol. The number of sulfonamides is 1. The topological polar surface area (TPSA) is 104 Å². The minimum atomic E-state index is -3.63. The standard InChI is InChI=1S/C19H23N5O3S2/c25-19(24-9-3-4-10-24)16-12-15(13-22-16)29(26,27)23-14-6-8-21-18(11-14)28-17-5-1-2-7-20-17/h1-2,5-8,11,15-16,22H,3-4,9-10,12-13H2,(H,21,23). The molecule has 2 unspecified atom stereocenters. The summed E-state index contributed by atoms with van der Waals surface area (Å²) in [7, 11) is -3.63. The van der Waals surface area contributed by atoms with Crippen LogP contribution in [0.5, 0.6) is 0 Å². The molecule has 4 rings (SSSR count). The van der Waals surface area contributed by atoms with Crippen LogP contribution in [0.1, 0.15) is 19.3 Å². The molecule has 2 aromatic rings. The molecule has 1 amide bonds. The van der Waals surface area contributed by atoms with E-state index in [9.17, 15) is 13.2 Å². The maximum atomic E-state index is 12.8. The van der Waals surface area contributed by atoms with Crippen LogP contribution in [-0.4, -0.2) is 60.1 Å². The van der Waals surface area contributed by atoms with Crippen LogP contribution in [0.25, 0.3) is 0 Å². The lowest BCUT2D eigenvalue weighted by Crippen LogP contribution is -2.42. The van der Waals surface area contributed by atoms with Gasteiger partial charge in [0.1, 0.15) is 10.1 Å². The summed E-state index contributed by atoms with van der Waals surface area (Å²) in [5.74, 6) is 0.0122. The van der Waals surface area contributed by atoms with E-state index in [0.717, 1.165) is 31.0 Å². The van der Waals surface area contributed by atoms with Crippen molar-refractivity contribution in [3.63, 3.8) is 0 Å². The molecule has 10 heteroatoms. The molecule has 8 nitrogen and oxygen atoms in total. The maximum absolute atomic E-state index is 12.8. The Morgan fingerprint density at radius 3 is 2.69 bits per heavy atom. The summed E-state index contributed by atoms with van der Waals surface area (Å²) in [5.41, 5.74) is 0.452. The Bertz CT molecular complexity index is 965. The predicted octanol–water partition coefficient (Wildman–Crippen LogP) is 1.72. The van der Waals surface area contributed by atoms with Gasteiger partial charge in [-0.05, 0) is 43.5 Å². The first-order valence-electron chi connectivity index (χ1n) is 9.60. The van der Waals surface area contributed by atoms with Gasteiger partial charge >= 0.3 is 0 Å². The van der Waals surface area contributed by atoms with E-state index >= 15 is 0 Å². The molecular formula is C19H23N5O3S2. The Balaban J connectivity index is 1.40. The lowest BCUT2D eigenvalue weighted by atomic mass is 10.2. The fourth-order valence-electron chi connectivity index (χ4n) is 3.58. The summed E-state index contributed by atoms with van der Waals surface area (Å²) in [5, 5.41) is 3.86. The van der Waals surface area contributed by atoms with E-state index < -0.39 is 21.3 Å². The number of aromatic nitrogens is 2. The fraction of sp³-hybridized carbons (Fsp3) is 0.421. The van der Waals surface area contributed by atoms with Crippen molar-refractivity contribution in [1.29, 1.82) is 0 Å². The molecule has 2 atom stereocenters. The van der Waals surface area contributed by atoms with Crippen molar-refractivity contribution in [1.82, 2.24) is 20.2 Å². The molecular weight excluding hydrogens is 410 g/mol. The zero-order chi connectivity index (χ0) is 20.3. The van der Waals surface area contributed by atoms with Crippen LogP contribution in [0.4, 0.5) is 5.69 Å². The van der Waals surface area contributed by atoms with Gasteiger partial charge in [-0.3, -0.25) is 9.52 Å². The number of amides is 1. The molecule has 4 heterocycles. The van der Waals surface area contributed by atoms with Gasteiger partial charge in [-0.1, -0.05) is 17.8 Å². The summed E-state index contributed by atoms with van der Waals surface area (Å²) in [6.07, 6.45) is 5.58.